The average Bonchev–Trinajstić information content (AvgIpc) is 2.46. The van der Waals surface area contributed by atoms with Crippen molar-refractivity contribution >= 4 is 32.8 Å². The van der Waals surface area contributed by atoms with Gasteiger partial charge < -0.3 is 9.64 Å². The van der Waals surface area contributed by atoms with Crippen LogP contribution in [0.25, 0.3) is 10.9 Å². The third kappa shape index (κ3) is 3.60. The van der Waals surface area contributed by atoms with E-state index < -0.39 is 0 Å². The fourth-order valence-electron chi connectivity index (χ4n) is 2.38. The molecule has 21 heavy (non-hydrogen) atoms. The van der Waals surface area contributed by atoms with Gasteiger partial charge in [0, 0.05) is 22.1 Å². The minimum Gasteiger partial charge on any atom is -0.466 e. The van der Waals surface area contributed by atoms with Gasteiger partial charge >= 0.3 is 5.97 Å². The molecule has 1 aromatic carbocycles. The third-order valence-electron chi connectivity index (χ3n) is 3.40. The summed E-state index contributed by atoms with van der Waals surface area (Å²) in [6.07, 6.45) is 2.09. The molecule has 1 aromatic heterocycles. The van der Waals surface area contributed by atoms with Gasteiger partial charge in [0.05, 0.1) is 18.5 Å². The maximum Gasteiger partial charge on any atom is 0.307 e. The molecule has 1 heterocycles. The Morgan fingerprint density at radius 3 is 2.81 bits per heavy atom. The first-order chi connectivity index (χ1) is 10.0. The summed E-state index contributed by atoms with van der Waals surface area (Å²) in [5.74, 6) is -0.191. The number of carbonyl (C=O) groups excluding carboxylic acids is 1. The van der Waals surface area contributed by atoms with E-state index in [9.17, 15) is 4.79 Å². The van der Waals surface area contributed by atoms with Crippen LogP contribution in [-0.4, -0.2) is 36.6 Å². The number of nitrogens with zero attached hydrogens (tertiary/aromatic N) is 2. The van der Waals surface area contributed by atoms with Crippen molar-refractivity contribution in [3.63, 3.8) is 0 Å². The molecule has 0 aliphatic carbocycles. The number of hydrogen-bond donors (Lipinski definition) is 0. The van der Waals surface area contributed by atoms with Gasteiger partial charge in [-0.1, -0.05) is 28.1 Å². The number of esters is 1. The Morgan fingerprint density at radius 2 is 2.14 bits per heavy atom. The van der Waals surface area contributed by atoms with Crippen LogP contribution in [-0.2, 0) is 9.53 Å². The van der Waals surface area contributed by atoms with E-state index in [0.29, 0.717) is 13.0 Å². The molecule has 0 N–H and O–H groups in total. The van der Waals surface area contributed by atoms with Gasteiger partial charge in [-0.3, -0.25) is 9.78 Å². The summed E-state index contributed by atoms with van der Waals surface area (Å²) in [4.78, 5) is 18.4. The van der Waals surface area contributed by atoms with Crippen molar-refractivity contribution < 1.29 is 9.53 Å². The summed E-state index contributed by atoms with van der Waals surface area (Å²) < 4.78 is 6.09. The van der Waals surface area contributed by atoms with Crippen LogP contribution in [0, 0.1) is 0 Å². The van der Waals surface area contributed by atoms with E-state index in [-0.39, 0.29) is 12.0 Å². The highest BCUT2D eigenvalue weighted by Gasteiger charge is 2.22. The van der Waals surface area contributed by atoms with Gasteiger partial charge in [0.1, 0.15) is 0 Å². The number of carbonyl (C=O) groups is 1. The van der Waals surface area contributed by atoms with Crippen LogP contribution in [0.4, 0.5) is 0 Å². The first kappa shape index (κ1) is 15.9. The van der Waals surface area contributed by atoms with Gasteiger partial charge in [-0.05, 0) is 38.7 Å². The molecule has 2 rings (SSSR count). The van der Waals surface area contributed by atoms with E-state index in [2.05, 4.69) is 20.9 Å². The van der Waals surface area contributed by atoms with Crippen molar-refractivity contribution in [3.8, 4) is 0 Å². The summed E-state index contributed by atoms with van der Waals surface area (Å²) >= 11 is 3.55. The number of hydrogen-bond acceptors (Lipinski definition) is 4. The van der Waals surface area contributed by atoms with Crippen LogP contribution in [0.15, 0.2) is 34.9 Å². The van der Waals surface area contributed by atoms with Crippen molar-refractivity contribution in [1.82, 2.24) is 9.88 Å². The van der Waals surface area contributed by atoms with Crippen LogP contribution in [0.1, 0.15) is 24.9 Å². The monoisotopic (exact) mass is 350 g/mol. The van der Waals surface area contributed by atoms with E-state index in [4.69, 9.17) is 4.74 Å². The van der Waals surface area contributed by atoms with Crippen LogP contribution >= 0.6 is 15.9 Å². The summed E-state index contributed by atoms with van der Waals surface area (Å²) in [6.45, 7) is 2.22. The number of halogens is 1. The SMILES string of the molecule is CCOC(=O)CC(c1ccc(Br)c2cccnc12)N(C)C. The Hall–Kier alpha value is -1.46. The standard InChI is InChI=1S/C16H19BrN2O2/c1-4-21-15(20)10-14(19(2)3)12-7-8-13(17)11-6-5-9-18-16(11)12/h5-9,14H,4,10H2,1-3H3. The molecular weight excluding hydrogens is 332 g/mol. The number of rotatable bonds is 5. The second-order valence-electron chi connectivity index (χ2n) is 5.02. The second kappa shape index (κ2) is 7.00. The molecule has 0 saturated carbocycles. The molecule has 0 fully saturated rings. The van der Waals surface area contributed by atoms with Gasteiger partial charge in [0.2, 0.25) is 0 Å². The molecule has 0 bridgehead atoms. The number of pyridine rings is 1. The number of ether oxygens (including phenoxy) is 1. The molecule has 0 spiro atoms. The maximum atomic E-state index is 11.9. The molecule has 1 unspecified atom stereocenters. The Balaban J connectivity index is 2.46. The normalized spacial score (nSPS) is 12.6. The predicted octanol–water partition coefficient (Wildman–Crippen LogP) is 3.55. The Morgan fingerprint density at radius 1 is 1.38 bits per heavy atom. The molecule has 1 atom stereocenters. The summed E-state index contributed by atoms with van der Waals surface area (Å²) in [6, 6.07) is 7.89. The molecule has 0 saturated heterocycles. The van der Waals surface area contributed by atoms with Gasteiger partial charge in [-0.2, -0.15) is 0 Å². The quantitative estimate of drug-likeness (QED) is 0.773. The molecule has 0 radical (unpaired) electrons. The molecule has 4 nitrogen and oxygen atoms in total. The zero-order valence-electron chi connectivity index (χ0n) is 12.5. The first-order valence-electron chi connectivity index (χ1n) is 6.89. The second-order valence-corrected chi connectivity index (χ2v) is 5.88. The van der Waals surface area contributed by atoms with E-state index >= 15 is 0 Å². The van der Waals surface area contributed by atoms with Crippen molar-refractivity contribution in [2.45, 2.75) is 19.4 Å². The van der Waals surface area contributed by atoms with Crippen molar-refractivity contribution in [3.05, 3.63) is 40.5 Å². The predicted molar refractivity (Wildman–Crippen MR) is 87.1 cm³/mol. The average molecular weight is 351 g/mol. The van der Waals surface area contributed by atoms with Crippen LogP contribution < -0.4 is 0 Å². The van der Waals surface area contributed by atoms with Gasteiger partial charge in [-0.15, -0.1) is 0 Å². The van der Waals surface area contributed by atoms with Gasteiger partial charge in [0.15, 0.2) is 0 Å². The van der Waals surface area contributed by atoms with Crippen molar-refractivity contribution in [2.75, 3.05) is 20.7 Å². The van der Waals surface area contributed by atoms with Crippen molar-refractivity contribution in [1.29, 1.82) is 0 Å². The smallest absolute Gasteiger partial charge is 0.307 e. The summed E-state index contributed by atoms with van der Waals surface area (Å²) in [7, 11) is 3.92. The fraction of sp³-hybridized carbons (Fsp3) is 0.375. The molecular formula is C16H19BrN2O2. The zero-order valence-corrected chi connectivity index (χ0v) is 14.1. The lowest BCUT2D eigenvalue weighted by atomic mass is 9.99. The minimum absolute atomic E-state index is 0.0606. The molecule has 0 aliphatic heterocycles. The van der Waals surface area contributed by atoms with Gasteiger partial charge in [-0.25, -0.2) is 0 Å². The third-order valence-corrected chi connectivity index (χ3v) is 4.09. The van der Waals surface area contributed by atoms with Crippen LogP contribution in [0.2, 0.25) is 0 Å². The lowest BCUT2D eigenvalue weighted by molar-refractivity contribution is -0.144. The number of aromatic nitrogens is 1. The molecule has 5 heteroatoms. The van der Waals surface area contributed by atoms with Crippen LogP contribution in [0.3, 0.4) is 0 Å². The van der Waals surface area contributed by atoms with Crippen molar-refractivity contribution in [2.24, 2.45) is 0 Å². The van der Waals surface area contributed by atoms with Crippen LogP contribution in [0.5, 0.6) is 0 Å². The number of benzene rings is 1. The molecule has 112 valence electrons. The zero-order chi connectivity index (χ0) is 15.4. The Kier molecular flexibility index (Phi) is 5.31. The lowest BCUT2D eigenvalue weighted by Crippen LogP contribution is -2.24. The maximum absolute atomic E-state index is 11.9. The van der Waals surface area contributed by atoms with E-state index in [1.165, 1.54) is 0 Å². The summed E-state index contributed by atoms with van der Waals surface area (Å²) in [5, 5.41) is 1.05. The highest BCUT2D eigenvalue weighted by molar-refractivity contribution is 9.10. The van der Waals surface area contributed by atoms with E-state index in [1.807, 2.05) is 50.2 Å². The fourth-order valence-corrected chi connectivity index (χ4v) is 2.83. The largest absolute Gasteiger partial charge is 0.466 e. The molecule has 0 aliphatic rings. The molecule has 2 aromatic rings. The minimum atomic E-state index is -0.191. The molecule has 0 amide bonds. The Labute approximate surface area is 133 Å². The summed E-state index contributed by atoms with van der Waals surface area (Å²) in [5.41, 5.74) is 1.95. The topological polar surface area (TPSA) is 42.4 Å². The highest BCUT2D eigenvalue weighted by Crippen LogP contribution is 2.32. The highest BCUT2D eigenvalue weighted by atomic mass is 79.9. The Bertz CT molecular complexity index is 643. The van der Waals surface area contributed by atoms with E-state index in [0.717, 1.165) is 20.9 Å². The lowest BCUT2D eigenvalue weighted by Gasteiger charge is -2.25. The first-order valence-corrected chi connectivity index (χ1v) is 7.69. The van der Waals surface area contributed by atoms with E-state index in [1.54, 1.807) is 6.20 Å². The number of fused-ring (bicyclic) bond motifs is 1. The van der Waals surface area contributed by atoms with Gasteiger partial charge in [0.25, 0.3) is 0 Å².